The fourth-order valence-corrected chi connectivity index (χ4v) is 2.49. The number of amides is 1. The van der Waals surface area contributed by atoms with Crippen molar-refractivity contribution in [2.75, 3.05) is 17.7 Å². The van der Waals surface area contributed by atoms with Crippen LogP contribution in [0.5, 0.6) is 5.75 Å². The highest BCUT2D eigenvalue weighted by Crippen LogP contribution is 2.29. The molecule has 3 rings (SSSR count). The third kappa shape index (κ3) is 4.32. The average Bonchev–Trinajstić information content (AvgIpc) is 2.69. The van der Waals surface area contributed by atoms with Gasteiger partial charge in [0.2, 0.25) is 5.95 Å². The highest BCUT2D eigenvalue weighted by Gasteiger charge is 2.12. The van der Waals surface area contributed by atoms with E-state index < -0.39 is 5.91 Å². The maximum atomic E-state index is 12.5. The first-order chi connectivity index (χ1) is 13.1. The molecule has 3 aromatic rings. The molecule has 1 heterocycles. The van der Waals surface area contributed by atoms with Crippen molar-refractivity contribution in [2.45, 2.75) is 0 Å². The number of nitrogens with one attached hydrogen (secondary N) is 2. The van der Waals surface area contributed by atoms with Crippen LogP contribution in [0.1, 0.15) is 16.1 Å². The van der Waals surface area contributed by atoms with Gasteiger partial charge >= 0.3 is 0 Å². The standard InChI is InChI=1S/C19H14ClN5O2/c1-27-17-7-6-13(20)10-16(17)25-19-22-9-8-15(24-19)18(26)23-14-5-3-2-4-12(14)11-21/h2-10H,1H3,(H,23,26)(H,22,24,25). The Labute approximate surface area is 160 Å². The Morgan fingerprint density at radius 1 is 1.19 bits per heavy atom. The number of rotatable bonds is 5. The van der Waals surface area contributed by atoms with Crippen molar-refractivity contribution in [2.24, 2.45) is 0 Å². The molecular formula is C19H14ClN5O2. The summed E-state index contributed by atoms with van der Waals surface area (Å²) in [6.07, 6.45) is 1.46. The second-order valence-electron chi connectivity index (χ2n) is 5.35. The second-order valence-corrected chi connectivity index (χ2v) is 5.78. The highest BCUT2D eigenvalue weighted by atomic mass is 35.5. The summed E-state index contributed by atoms with van der Waals surface area (Å²) >= 11 is 6.01. The number of benzene rings is 2. The van der Waals surface area contributed by atoms with E-state index in [2.05, 4.69) is 20.6 Å². The lowest BCUT2D eigenvalue weighted by Gasteiger charge is -2.11. The average molecular weight is 380 g/mol. The minimum atomic E-state index is -0.457. The topological polar surface area (TPSA) is 99.9 Å². The van der Waals surface area contributed by atoms with Crippen LogP contribution in [0.15, 0.2) is 54.7 Å². The zero-order chi connectivity index (χ0) is 19.2. The first-order valence-electron chi connectivity index (χ1n) is 7.85. The van der Waals surface area contributed by atoms with Gasteiger partial charge in [-0.3, -0.25) is 4.79 Å². The van der Waals surface area contributed by atoms with Crippen molar-refractivity contribution in [1.29, 1.82) is 5.26 Å². The first kappa shape index (κ1) is 18.2. The van der Waals surface area contributed by atoms with Gasteiger partial charge in [0.15, 0.2) is 0 Å². The van der Waals surface area contributed by atoms with Crippen LogP contribution in [0.2, 0.25) is 5.02 Å². The van der Waals surface area contributed by atoms with Gasteiger partial charge in [-0.05, 0) is 36.4 Å². The molecule has 2 N–H and O–H groups in total. The van der Waals surface area contributed by atoms with Gasteiger partial charge in [0.05, 0.1) is 24.0 Å². The van der Waals surface area contributed by atoms with E-state index in [1.165, 1.54) is 19.4 Å². The van der Waals surface area contributed by atoms with E-state index in [0.717, 1.165) is 0 Å². The lowest BCUT2D eigenvalue weighted by Crippen LogP contribution is -2.15. The molecule has 0 aliphatic rings. The smallest absolute Gasteiger partial charge is 0.274 e. The van der Waals surface area contributed by atoms with Gasteiger partial charge in [0.1, 0.15) is 17.5 Å². The summed E-state index contributed by atoms with van der Waals surface area (Å²) in [5, 5.41) is 15.3. The van der Waals surface area contributed by atoms with Gasteiger partial charge in [-0.15, -0.1) is 0 Å². The van der Waals surface area contributed by atoms with Crippen molar-refractivity contribution in [3.63, 3.8) is 0 Å². The van der Waals surface area contributed by atoms with E-state index in [0.29, 0.717) is 27.7 Å². The molecule has 0 saturated heterocycles. The van der Waals surface area contributed by atoms with Crippen LogP contribution in [-0.4, -0.2) is 23.0 Å². The van der Waals surface area contributed by atoms with E-state index in [-0.39, 0.29) is 11.6 Å². The zero-order valence-electron chi connectivity index (χ0n) is 14.2. The van der Waals surface area contributed by atoms with Crippen LogP contribution >= 0.6 is 11.6 Å². The fourth-order valence-electron chi connectivity index (χ4n) is 2.32. The number of methoxy groups -OCH3 is 1. The molecule has 27 heavy (non-hydrogen) atoms. The number of carbonyl (C=O) groups is 1. The van der Waals surface area contributed by atoms with Gasteiger partial charge in [0.25, 0.3) is 5.91 Å². The number of carbonyl (C=O) groups excluding carboxylic acids is 1. The molecule has 7 nitrogen and oxygen atoms in total. The molecule has 0 fully saturated rings. The number of hydrogen-bond donors (Lipinski definition) is 2. The minimum Gasteiger partial charge on any atom is -0.495 e. The van der Waals surface area contributed by atoms with Crippen molar-refractivity contribution < 1.29 is 9.53 Å². The van der Waals surface area contributed by atoms with Gasteiger partial charge < -0.3 is 15.4 Å². The molecule has 0 unspecified atom stereocenters. The number of halogens is 1. The Kier molecular flexibility index (Phi) is 5.50. The Bertz CT molecular complexity index is 1030. The van der Waals surface area contributed by atoms with Crippen molar-refractivity contribution in [1.82, 2.24) is 9.97 Å². The molecule has 2 aromatic carbocycles. The van der Waals surface area contributed by atoms with Crippen molar-refractivity contribution in [3.05, 3.63) is 71.0 Å². The maximum Gasteiger partial charge on any atom is 0.274 e. The Hall–Kier alpha value is -3.63. The predicted molar refractivity (Wildman–Crippen MR) is 102 cm³/mol. The van der Waals surface area contributed by atoms with Gasteiger partial charge in [-0.25, -0.2) is 9.97 Å². The highest BCUT2D eigenvalue weighted by molar-refractivity contribution is 6.31. The van der Waals surface area contributed by atoms with Crippen LogP contribution in [0, 0.1) is 11.3 Å². The van der Waals surface area contributed by atoms with Crippen molar-refractivity contribution >= 4 is 34.8 Å². The van der Waals surface area contributed by atoms with Crippen LogP contribution in [0.4, 0.5) is 17.3 Å². The van der Waals surface area contributed by atoms with E-state index in [9.17, 15) is 4.79 Å². The summed E-state index contributed by atoms with van der Waals surface area (Å²) in [5.74, 6) is 0.304. The number of nitriles is 1. The first-order valence-corrected chi connectivity index (χ1v) is 8.22. The molecule has 1 aromatic heterocycles. The van der Waals surface area contributed by atoms with Crippen LogP contribution < -0.4 is 15.4 Å². The van der Waals surface area contributed by atoms with E-state index >= 15 is 0 Å². The molecule has 1 amide bonds. The molecule has 0 bridgehead atoms. The largest absolute Gasteiger partial charge is 0.495 e. The third-order valence-electron chi connectivity index (χ3n) is 3.59. The van der Waals surface area contributed by atoms with Crippen LogP contribution in [0.3, 0.4) is 0 Å². The molecular weight excluding hydrogens is 366 g/mol. The zero-order valence-corrected chi connectivity index (χ0v) is 15.0. The van der Waals surface area contributed by atoms with Crippen molar-refractivity contribution in [3.8, 4) is 11.8 Å². The van der Waals surface area contributed by atoms with Gasteiger partial charge in [-0.2, -0.15) is 5.26 Å². The SMILES string of the molecule is COc1ccc(Cl)cc1Nc1nccc(C(=O)Nc2ccccc2C#N)n1. The third-order valence-corrected chi connectivity index (χ3v) is 3.83. The Morgan fingerprint density at radius 3 is 2.78 bits per heavy atom. The normalized spacial score (nSPS) is 9.96. The van der Waals surface area contributed by atoms with E-state index in [4.69, 9.17) is 21.6 Å². The number of nitrogens with zero attached hydrogens (tertiary/aromatic N) is 3. The fraction of sp³-hybridized carbons (Fsp3) is 0.0526. The van der Waals surface area contributed by atoms with Crippen LogP contribution in [-0.2, 0) is 0 Å². The molecule has 0 saturated carbocycles. The molecule has 0 radical (unpaired) electrons. The lowest BCUT2D eigenvalue weighted by atomic mass is 10.2. The quantitative estimate of drug-likeness (QED) is 0.694. The molecule has 0 aliphatic carbocycles. The summed E-state index contributed by atoms with van der Waals surface area (Å²) in [5.41, 5.74) is 1.48. The number of ether oxygens (including phenoxy) is 1. The lowest BCUT2D eigenvalue weighted by molar-refractivity contribution is 0.102. The maximum absolute atomic E-state index is 12.5. The molecule has 0 aliphatic heterocycles. The number of para-hydroxylation sites is 1. The van der Waals surface area contributed by atoms with Gasteiger partial charge in [-0.1, -0.05) is 23.7 Å². The summed E-state index contributed by atoms with van der Waals surface area (Å²) in [4.78, 5) is 20.8. The number of aromatic nitrogens is 2. The summed E-state index contributed by atoms with van der Waals surface area (Å²) in [6.45, 7) is 0. The van der Waals surface area contributed by atoms with Gasteiger partial charge in [0, 0.05) is 11.2 Å². The Morgan fingerprint density at radius 2 is 2.00 bits per heavy atom. The molecule has 8 heteroatoms. The predicted octanol–water partition coefficient (Wildman–Crippen LogP) is 4.01. The van der Waals surface area contributed by atoms with E-state index in [1.807, 2.05) is 6.07 Å². The minimum absolute atomic E-state index is 0.140. The monoisotopic (exact) mass is 379 g/mol. The molecule has 0 spiro atoms. The van der Waals surface area contributed by atoms with Crippen LogP contribution in [0.25, 0.3) is 0 Å². The van der Waals surface area contributed by atoms with E-state index in [1.54, 1.807) is 42.5 Å². The number of hydrogen-bond acceptors (Lipinski definition) is 6. The summed E-state index contributed by atoms with van der Waals surface area (Å²) in [6, 6.07) is 15.3. The summed E-state index contributed by atoms with van der Waals surface area (Å²) < 4.78 is 5.27. The molecule has 134 valence electrons. The Balaban J connectivity index is 1.82. The molecule has 0 atom stereocenters. The second kappa shape index (κ2) is 8.17. The number of anilines is 3. The summed E-state index contributed by atoms with van der Waals surface area (Å²) in [7, 11) is 1.53.